The molecule has 0 N–H and O–H groups in total. The van der Waals surface area contributed by atoms with Crippen LogP contribution >= 0.6 is 11.3 Å². The molecule has 4 nitrogen and oxygen atoms in total. The molecule has 0 aliphatic rings. The van der Waals surface area contributed by atoms with E-state index in [2.05, 4.69) is 71.3 Å². The van der Waals surface area contributed by atoms with Gasteiger partial charge in [0.05, 0.1) is 44.6 Å². The topological polar surface area (TPSA) is 76.3 Å². The van der Waals surface area contributed by atoms with E-state index in [9.17, 15) is 15.8 Å². The maximum Gasteiger partial charge on any atom is 0.101 e. The van der Waals surface area contributed by atoms with Gasteiger partial charge in [-0.15, -0.1) is 11.3 Å². The molecule has 0 bridgehead atoms. The third kappa shape index (κ3) is 3.95. The summed E-state index contributed by atoms with van der Waals surface area (Å²) in [5.74, 6) is 0. The van der Waals surface area contributed by atoms with Crippen molar-refractivity contribution in [3.63, 3.8) is 0 Å². The van der Waals surface area contributed by atoms with E-state index in [1.54, 1.807) is 11.3 Å². The van der Waals surface area contributed by atoms with Crippen molar-refractivity contribution in [1.29, 1.82) is 15.8 Å². The molecule has 2 heterocycles. The van der Waals surface area contributed by atoms with Crippen LogP contribution in [0, 0.1) is 34.0 Å². The summed E-state index contributed by atoms with van der Waals surface area (Å²) >= 11 is 1.62. The molecule has 0 amide bonds. The molecule has 0 atom stereocenters. The van der Waals surface area contributed by atoms with Gasteiger partial charge in [-0.05, 0) is 89.0 Å². The van der Waals surface area contributed by atoms with Gasteiger partial charge in [0.25, 0.3) is 0 Å². The molecule has 5 heteroatoms. The largest absolute Gasteiger partial charge is 0.309 e. The molecule has 44 heavy (non-hydrogen) atoms. The van der Waals surface area contributed by atoms with Gasteiger partial charge in [0, 0.05) is 31.9 Å². The Morgan fingerprint density at radius 1 is 0.477 bits per heavy atom. The molecule has 0 fully saturated rings. The van der Waals surface area contributed by atoms with Crippen molar-refractivity contribution in [2.75, 3.05) is 0 Å². The number of thiophene rings is 1. The second kappa shape index (κ2) is 9.97. The molecule has 0 aliphatic heterocycles. The first-order valence-electron chi connectivity index (χ1n) is 14.1. The first-order chi connectivity index (χ1) is 21.6. The van der Waals surface area contributed by atoms with Crippen LogP contribution in [0.5, 0.6) is 0 Å². The average molecular weight is 577 g/mol. The molecular formula is C39H20N4S. The van der Waals surface area contributed by atoms with Crippen molar-refractivity contribution in [1.82, 2.24) is 4.57 Å². The maximum absolute atomic E-state index is 10.1. The number of aromatic nitrogens is 1. The number of rotatable bonds is 3. The minimum absolute atomic E-state index is 0.507. The van der Waals surface area contributed by atoms with Crippen LogP contribution in [0.3, 0.4) is 0 Å². The van der Waals surface area contributed by atoms with Crippen LogP contribution < -0.4 is 0 Å². The second-order valence-electron chi connectivity index (χ2n) is 10.8. The lowest BCUT2D eigenvalue weighted by atomic mass is 9.93. The highest BCUT2D eigenvalue weighted by atomic mass is 32.1. The van der Waals surface area contributed by atoms with E-state index in [0.717, 1.165) is 69.9 Å². The summed E-state index contributed by atoms with van der Waals surface area (Å²) in [5, 5.41) is 34.6. The van der Waals surface area contributed by atoms with Crippen LogP contribution in [0.4, 0.5) is 0 Å². The number of benzene rings is 6. The van der Waals surface area contributed by atoms with Gasteiger partial charge < -0.3 is 4.57 Å². The zero-order chi connectivity index (χ0) is 29.8. The van der Waals surface area contributed by atoms with E-state index < -0.39 is 0 Å². The highest BCUT2D eigenvalue weighted by molar-refractivity contribution is 7.26. The Morgan fingerprint density at radius 2 is 1.02 bits per heavy atom. The quantitative estimate of drug-likeness (QED) is 0.210. The Labute approximate surface area is 257 Å². The zero-order valence-corrected chi connectivity index (χ0v) is 24.1. The average Bonchev–Trinajstić information content (AvgIpc) is 3.63. The highest BCUT2D eigenvalue weighted by Gasteiger charge is 2.16. The third-order valence-corrected chi connectivity index (χ3v) is 9.43. The fourth-order valence-electron chi connectivity index (χ4n) is 6.27. The number of nitrogens with zero attached hydrogens (tertiary/aromatic N) is 4. The minimum Gasteiger partial charge on any atom is -0.309 e. The van der Waals surface area contributed by atoms with Gasteiger partial charge in [0.15, 0.2) is 0 Å². The predicted molar refractivity (Wildman–Crippen MR) is 179 cm³/mol. The van der Waals surface area contributed by atoms with E-state index in [0.29, 0.717) is 16.7 Å². The molecule has 0 aliphatic carbocycles. The van der Waals surface area contributed by atoms with Crippen molar-refractivity contribution >= 4 is 53.3 Å². The number of fused-ring (bicyclic) bond motifs is 6. The highest BCUT2D eigenvalue weighted by Crippen LogP contribution is 2.40. The van der Waals surface area contributed by atoms with E-state index >= 15 is 0 Å². The Hall–Kier alpha value is -6.19. The smallest absolute Gasteiger partial charge is 0.101 e. The van der Waals surface area contributed by atoms with Crippen molar-refractivity contribution in [2.24, 2.45) is 0 Å². The minimum atomic E-state index is 0.507. The maximum atomic E-state index is 10.1. The summed E-state index contributed by atoms with van der Waals surface area (Å²) in [6, 6.07) is 47.5. The summed E-state index contributed by atoms with van der Waals surface area (Å²) in [6.07, 6.45) is 0. The van der Waals surface area contributed by atoms with E-state index in [1.165, 1.54) is 0 Å². The van der Waals surface area contributed by atoms with Crippen molar-refractivity contribution in [3.05, 3.63) is 138 Å². The lowest BCUT2D eigenvalue weighted by molar-refractivity contribution is 1.18. The van der Waals surface area contributed by atoms with Gasteiger partial charge in [-0.1, -0.05) is 54.6 Å². The van der Waals surface area contributed by atoms with Gasteiger partial charge in [0.2, 0.25) is 0 Å². The Balaban J connectivity index is 1.35. The lowest BCUT2D eigenvalue weighted by Gasteiger charge is -2.13. The normalized spacial score (nSPS) is 11.1. The first kappa shape index (κ1) is 25.5. The molecule has 0 saturated carbocycles. The molecule has 0 spiro atoms. The Kier molecular flexibility index (Phi) is 5.78. The number of hydrogen-bond donors (Lipinski definition) is 0. The third-order valence-electron chi connectivity index (χ3n) is 8.21. The second-order valence-corrected chi connectivity index (χ2v) is 11.8. The number of para-hydroxylation sites is 2. The molecule has 2 aromatic heterocycles. The predicted octanol–water partition coefficient (Wildman–Crippen LogP) is 10.1. The van der Waals surface area contributed by atoms with E-state index in [-0.39, 0.29) is 0 Å². The van der Waals surface area contributed by atoms with Crippen LogP contribution in [-0.4, -0.2) is 4.57 Å². The summed E-state index contributed by atoms with van der Waals surface area (Å²) in [5.41, 5.74) is 8.01. The van der Waals surface area contributed by atoms with Crippen molar-refractivity contribution in [2.45, 2.75) is 0 Å². The summed E-state index contributed by atoms with van der Waals surface area (Å²) in [6.45, 7) is 0. The van der Waals surface area contributed by atoms with E-state index in [1.807, 2.05) is 72.8 Å². The molecular weight excluding hydrogens is 557 g/mol. The van der Waals surface area contributed by atoms with Crippen LogP contribution in [0.15, 0.2) is 121 Å². The number of hydrogen-bond acceptors (Lipinski definition) is 4. The fourth-order valence-corrected chi connectivity index (χ4v) is 7.42. The SMILES string of the molecule is N#Cc1cc(-c2cc(C#N)cc(-n3c4ccccc4c4ccccc43)c2)cc(-c2cc(C#N)c3sc4ccccc4c3c2)c1. The fraction of sp³-hybridized carbons (Fsp3) is 0. The molecule has 202 valence electrons. The molecule has 0 radical (unpaired) electrons. The van der Waals surface area contributed by atoms with Crippen molar-refractivity contribution in [3.8, 4) is 46.1 Å². The molecule has 8 rings (SSSR count). The monoisotopic (exact) mass is 576 g/mol. The number of nitriles is 3. The van der Waals surface area contributed by atoms with Crippen LogP contribution in [-0.2, 0) is 0 Å². The summed E-state index contributed by atoms with van der Waals surface area (Å²) in [4.78, 5) is 0. The standard InChI is InChI=1S/C39H20N4S/c40-21-24-13-26(17-27(14-24)29-18-30(23-42)39-35(20-29)34-9-3-6-12-38(34)44-39)28-15-25(22-41)16-31(19-28)43-36-10-4-1-7-32(36)33-8-2-5-11-37(33)43/h1-20H. The van der Waals surface area contributed by atoms with Gasteiger partial charge >= 0.3 is 0 Å². The summed E-state index contributed by atoms with van der Waals surface area (Å²) in [7, 11) is 0. The van der Waals surface area contributed by atoms with Crippen LogP contribution in [0.25, 0.3) is 69.9 Å². The van der Waals surface area contributed by atoms with Gasteiger partial charge in [0.1, 0.15) is 6.07 Å². The van der Waals surface area contributed by atoms with Gasteiger partial charge in [-0.25, -0.2) is 0 Å². The molecule has 8 aromatic rings. The van der Waals surface area contributed by atoms with Gasteiger partial charge in [-0.2, -0.15) is 15.8 Å². The first-order valence-corrected chi connectivity index (χ1v) is 14.9. The molecule has 6 aromatic carbocycles. The lowest BCUT2D eigenvalue weighted by Crippen LogP contribution is -1.96. The van der Waals surface area contributed by atoms with Crippen molar-refractivity contribution < 1.29 is 0 Å². The Morgan fingerprint density at radius 3 is 1.66 bits per heavy atom. The Bertz CT molecular complexity index is 2550. The van der Waals surface area contributed by atoms with Gasteiger partial charge in [-0.3, -0.25) is 0 Å². The zero-order valence-electron chi connectivity index (χ0n) is 23.2. The van der Waals surface area contributed by atoms with E-state index in [4.69, 9.17) is 0 Å². The van der Waals surface area contributed by atoms with Crippen LogP contribution in [0.1, 0.15) is 16.7 Å². The van der Waals surface area contributed by atoms with Crippen LogP contribution in [0.2, 0.25) is 0 Å². The molecule has 0 unspecified atom stereocenters. The molecule has 0 saturated heterocycles. The summed E-state index contributed by atoms with van der Waals surface area (Å²) < 4.78 is 4.29.